The summed E-state index contributed by atoms with van der Waals surface area (Å²) in [4.78, 5) is 37.6. The van der Waals surface area contributed by atoms with Gasteiger partial charge in [0.2, 0.25) is 0 Å². The number of ether oxygens (including phenoxy) is 4. The van der Waals surface area contributed by atoms with Gasteiger partial charge in [0.1, 0.15) is 13.2 Å². The summed E-state index contributed by atoms with van der Waals surface area (Å²) in [5, 5.41) is 11.9. The third-order valence-corrected chi connectivity index (χ3v) is 18.3. The maximum Gasteiger partial charge on any atom is 0.306 e. The van der Waals surface area contributed by atoms with Crippen molar-refractivity contribution in [1.29, 1.82) is 0 Å². The van der Waals surface area contributed by atoms with Crippen LogP contribution in [0.2, 0.25) is 0 Å². The molecule has 9 nitrogen and oxygen atoms in total. The number of carbonyl (C=O) groups is 3. The van der Waals surface area contributed by atoms with Crippen molar-refractivity contribution in [3.8, 4) is 0 Å². The van der Waals surface area contributed by atoms with Gasteiger partial charge in [0.25, 0.3) is 0 Å². The number of allylic oxidation sites excluding steroid dienone is 16. The average molecular weight is 1360 g/mol. The van der Waals surface area contributed by atoms with E-state index in [2.05, 4.69) is 111 Å². The van der Waals surface area contributed by atoms with Gasteiger partial charge in [-0.05, 0) is 96.3 Å². The summed E-state index contributed by atoms with van der Waals surface area (Å²) in [6.07, 6.45) is 105. The molecule has 0 aromatic heterocycles. The molecule has 9 heteroatoms. The van der Waals surface area contributed by atoms with Crippen LogP contribution in [-0.4, -0.2) is 82.3 Å². The average Bonchev–Trinajstić information content (AvgIpc) is 3.27. The van der Waals surface area contributed by atoms with Crippen LogP contribution >= 0.6 is 0 Å². The molecule has 0 aliphatic carbocycles. The molecule has 0 fully saturated rings. The number of rotatable bonds is 77. The maximum atomic E-state index is 13.0. The molecule has 0 aliphatic rings. The van der Waals surface area contributed by atoms with Gasteiger partial charge < -0.3 is 33.3 Å². The van der Waals surface area contributed by atoms with E-state index in [1.807, 2.05) is 21.1 Å². The molecule has 0 bridgehead atoms. The second kappa shape index (κ2) is 77.9. The van der Waals surface area contributed by atoms with Gasteiger partial charge in [0, 0.05) is 12.8 Å². The number of likely N-dealkylation sites (N-methyl/N-ethyl adjacent to an activating group) is 1. The van der Waals surface area contributed by atoms with Gasteiger partial charge in [0.15, 0.2) is 12.4 Å². The van der Waals surface area contributed by atoms with Gasteiger partial charge in [-0.1, -0.05) is 374 Å². The predicted molar refractivity (Wildman–Crippen MR) is 417 cm³/mol. The van der Waals surface area contributed by atoms with Crippen LogP contribution in [0.5, 0.6) is 0 Å². The maximum absolute atomic E-state index is 13.0. The normalized spacial score (nSPS) is 13.1. The van der Waals surface area contributed by atoms with E-state index in [0.29, 0.717) is 23.9 Å². The molecule has 0 rings (SSSR count). The fourth-order valence-electron chi connectivity index (χ4n) is 12.0. The second-order valence-corrected chi connectivity index (χ2v) is 29.0. The van der Waals surface area contributed by atoms with Gasteiger partial charge in [-0.2, -0.15) is 0 Å². The number of carbonyl (C=O) groups excluding carboxylic acids is 3. The summed E-state index contributed by atoms with van der Waals surface area (Å²) in [6.45, 7) is 4.69. The number of quaternary nitrogens is 1. The van der Waals surface area contributed by atoms with Crippen molar-refractivity contribution in [1.82, 2.24) is 0 Å². The van der Waals surface area contributed by atoms with E-state index in [1.165, 1.54) is 276 Å². The minimum atomic E-state index is -1.62. The molecule has 0 N–H and O–H groups in total. The summed E-state index contributed by atoms with van der Waals surface area (Å²) in [6, 6.07) is 0. The fourth-order valence-corrected chi connectivity index (χ4v) is 12.0. The Morgan fingerprint density at radius 2 is 0.588 bits per heavy atom. The molecule has 0 amide bonds. The number of carboxylic acid groups (broad SMARTS) is 1. The molecule has 0 aromatic rings. The monoisotopic (exact) mass is 1360 g/mol. The number of hydrogen-bond acceptors (Lipinski definition) is 8. The van der Waals surface area contributed by atoms with E-state index in [1.54, 1.807) is 0 Å². The van der Waals surface area contributed by atoms with Crippen molar-refractivity contribution in [3.63, 3.8) is 0 Å². The molecule has 0 saturated heterocycles. The molecule has 97 heavy (non-hydrogen) atoms. The molecule has 562 valence electrons. The Morgan fingerprint density at radius 1 is 0.320 bits per heavy atom. The highest BCUT2D eigenvalue weighted by atomic mass is 16.7. The number of esters is 2. The first-order valence-electron chi connectivity index (χ1n) is 41.4. The molecule has 0 saturated carbocycles. The lowest BCUT2D eigenvalue weighted by atomic mass is 10.0. The van der Waals surface area contributed by atoms with Crippen molar-refractivity contribution >= 4 is 17.9 Å². The molecule has 2 atom stereocenters. The van der Waals surface area contributed by atoms with Gasteiger partial charge >= 0.3 is 11.9 Å². The third kappa shape index (κ3) is 79.4. The lowest BCUT2D eigenvalue weighted by molar-refractivity contribution is -0.870. The lowest BCUT2D eigenvalue weighted by Crippen LogP contribution is -2.44. The summed E-state index contributed by atoms with van der Waals surface area (Å²) in [5.41, 5.74) is 0. The van der Waals surface area contributed by atoms with Crippen LogP contribution < -0.4 is 5.11 Å². The quantitative estimate of drug-likeness (QED) is 0.0195. The van der Waals surface area contributed by atoms with Crippen molar-refractivity contribution in [2.45, 2.75) is 399 Å². The number of unbranched alkanes of at least 4 members (excludes halogenated alkanes) is 46. The highest BCUT2D eigenvalue weighted by Crippen LogP contribution is 2.19. The van der Waals surface area contributed by atoms with E-state index < -0.39 is 24.3 Å². The number of aliphatic carboxylic acids is 1. The van der Waals surface area contributed by atoms with E-state index >= 15 is 0 Å². The van der Waals surface area contributed by atoms with Gasteiger partial charge in [-0.3, -0.25) is 9.59 Å². The molecular weight excluding hydrogens is 1200 g/mol. The first-order valence-corrected chi connectivity index (χ1v) is 41.4. The standard InChI is InChI=1S/C88H157NO8/c1-6-8-10-12-14-16-18-20-22-24-26-28-30-32-34-36-38-39-40-41-42-43-44-45-46-47-49-51-53-55-57-59-61-63-65-67-69-71-73-75-77-79-86(91)97-84(83-96-88(87(92)93)94-81-80-89(3,4)5)82-95-85(90)78-76-74-72-70-68-66-64-62-60-58-56-54-52-50-48-37-35-33-31-29-27-25-23-21-19-17-15-13-11-9-7-2/h8,10,14,16,20,22,25-28,32,34,38-39,41-42,84,88H,6-7,9,11-13,15,17-19,21,23-24,29-31,33,35-37,40,43-83H2,1-5H3/b10-8-,16-14-,22-20-,27-25-,28-26-,34-32-,39-38-,42-41-. The Bertz CT molecular complexity index is 1920. The first-order chi connectivity index (χ1) is 47.6. The van der Waals surface area contributed by atoms with Gasteiger partial charge in [-0.25, -0.2) is 0 Å². The molecule has 0 spiro atoms. The zero-order valence-corrected chi connectivity index (χ0v) is 64.4. The summed E-state index contributed by atoms with van der Waals surface area (Å²) >= 11 is 0. The molecule has 0 aromatic carbocycles. The smallest absolute Gasteiger partial charge is 0.306 e. The minimum Gasteiger partial charge on any atom is -0.545 e. The number of nitrogens with zero attached hydrogens (tertiary/aromatic N) is 1. The molecule has 2 unspecified atom stereocenters. The third-order valence-electron chi connectivity index (χ3n) is 18.3. The van der Waals surface area contributed by atoms with E-state index in [9.17, 15) is 19.5 Å². The molecular formula is C88H157NO8. The topological polar surface area (TPSA) is 111 Å². The Kier molecular flexibility index (Phi) is 74.9. The Hall–Kier alpha value is -3.79. The van der Waals surface area contributed by atoms with Crippen molar-refractivity contribution in [2.75, 3.05) is 47.5 Å². The van der Waals surface area contributed by atoms with Crippen LogP contribution in [0.1, 0.15) is 386 Å². The van der Waals surface area contributed by atoms with Crippen molar-refractivity contribution < 1.29 is 42.9 Å². The highest BCUT2D eigenvalue weighted by molar-refractivity contribution is 5.70. The van der Waals surface area contributed by atoms with Crippen LogP contribution in [0, 0.1) is 0 Å². The minimum absolute atomic E-state index is 0.148. The molecule has 0 heterocycles. The zero-order chi connectivity index (χ0) is 70.4. The van der Waals surface area contributed by atoms with Crippen molar-refractivity contribution in [3.05, 3.63) is 97.2 Å². The van der Waals surface area contributed by atoms with Gasteiger partial charge in [-0.15, -0.1) is 0 Å². The predicted octanol–water partition coefficient (Wildman–Crippen LogP) is 25.4. The van der Waals surface area contributed by atoms with Crippen LogP contribution in [0.4, 0.5) is 0 Å². The largest absolute Gasteiger partial charge is 0.545 e. The van der Waals surface area contributed by atoms with Crippen LogP contribution in [0.25, 0.3) is 0 Å². The first kappa shape index (κ1) is 93.2. The highest BCUT2D eigenvalue weighted by Gasteiger charge is 2.22. The van der Waals surface area contributed by atoms with E-state index in [4.69, 9.17) is 18.9 Å². The second-order valence-electron chi connectivity index (χ2n) is 29.0. The number of carboxylic acids is 1. The van der Waals surface area contributed by atoms with Gasteiger partial charge in [0.05, 0.1) is 40.3 Å². The molecule has 0 aliphatic heterocycles. The van der Waals surface area contributed by atoms with Crippen LogP contribution in [0.3, 0.4) is 0 Å². The zero-order valence-electron chi connectivity index (χ0n) is 64.4. The Balaban J connectivity index is 3.98. The summed E-state index contributed by atoms with van der Waals surface area (Å²) in [7, 11) is 5.95. The van der Waals surface area contributed by atoms with Crippen LogP contribution in [0.15, 0.2) is 97.2 Å². The summed E-state index contributed by atoms with van der Waals surface area (Å²) in [5.74, 6) is -2.26. The lowest BCUT2D eigenvalue weighted by Gasteiger charge is -2.26. The number of hydrogen-bond donors (Lipinski definition) is 0. The fraction of sp³-hybridized carbons (Fsp3) is 0.784. The Labute approximate surface area is 601 Å². The molecule has 0 radical (unpaired) electrons. The van der Waals surface area contributed by atoms with Crippen molar-refractivity contribution in [2.24, 2.45) is 0 Å². The Morgan fingerprint density at radius 3 is 0.887 bits per heavy atom. The summed E-state index contributed by atoms with van der Waals surface area (Å²) < 4.78 is 22.9. The SMILES string of the molecule is CC/C=C\C/C=C\C/C=C\C/C=C\C/C=C\C/C=C\C/C=C\CCCCCCCCCCCCCCCCCCCCCC(=O)OC(COC(=O)CCCCCCCCCCCCCCCCCCCCC/C=C\CCCCCCCCCC)COC(OCC[N+](C)(C)C)C(=O)[O-]. The van der Waals surface area contributed by atoms with Crippen LogP contribution in [-0.2, 0) is 33.3 Å². The van der Waals surface area contributed by atoms with E-state index in [0.717, 1.165) is 77.0 Å². The van der Waals surface area contributed by atoms with E-state index in [-0.39, 0.29) is 32.2 Å².